The van der Waals surface area contributed by atoms with Crippen LogP contribution in [-0.2, 0) is 38.0 Å². The van der Waals surface area contributed by atoms with E-state index in [0.29, 0.717) is 85.6 Å². The van der Waals surface area contributed by atoms with Crippen LogP contribution in [0.3, 0.4) is 0 Å². The molecular formula is C29H49N3O12. The zero-order valence-corrected chi connectivity index (χ0v) is 25.9. The maximum Gasteiger partial charge on any atom is 0.305 e. The Bertz CT molecular complexity index is 906. The molecule has 1 aromatic rings. The third-order valence-electron chi connectivity index (χ3n) is 6.04. The molecule has 0 amide bonds. The average Bonchev–Trinajstić information content (AvgIpc) is 3.01. The van der Waals surface area contributed by atoms with Crippen LogP contribution in [0.15, 0.2) is 18.2 Å². The van der Waals surface area contributed by atoms with Gasteiger partial charge in [-0.05, 0) is 12.5 Å². The van der Waals surface area contributed by atoms with Crippen molar-refractivity contribution in [2.24, 2.45) is 0 Å². The van der Waals surface area contributed by atoms with Gasteiger partial charge < -0.3 is 38.5 Å². The predicted molar refractivity (Wildman–Crippen MR) is 162 cm³/mol. The van der Waals surface area contributed by atoms with Crippen molar-refractivity contribution in [3.05, 3.63) is 38.4 Å². The summed E-state index contributed by atoms with van der Waals surface area (Å²) in [5.74, 6) is -0.164. The van der Waals surface area contributed by atoms with Crippen molar-refractivity contribution in [3.63, 3.8) is 0 Å². The number of carbonyl (C=O) groups is 1. The van der Waals surface area contributed by atoms with Crippen molar-refractivity contribution in [2.45, 2.75) is 51.9 Å². The van der Waals surface area contributed by atoms with E-state index in [1.807, 2.05) is 0 Å². The first-order chi connectivity index (χ1) is 21.5. The minimum atomic E-state index is -0.682. The number of nitro groups is 2. The molecule has 0 fully saturated rings. The second kappa shape index (κ2) is 27.6. The Hall–Kier alpha value is -2.95. The molecule has 252 valence electrons. The smallest absolute Gasteiger partial charge is 0.305 e. The van der Waals surface area contributed by atoms with Crippen molar-refractivity contribution in [3.8, 4) is 0 Å². The Balaban J connectivity index is 1.80. The highest BCUT2D eigenvalue weighted by molar-refractivity contribution is 5.69. The minimum Gasteiger partial charge on any atom is -0.463 e. The van der Waals surface area contributed by atoms with Crippen LogP contribution in [0.5, 0.6) is 0 Å². The fraction of sp³-hybridized carbons (Fsp3) is 0.759. The van der Waals surface area contributed by atoms with Gasteiger partial charge in [0, 0.05) is 19.0 Å². The van der Waals surface area contributed by atoms with E-state index in [4.69, 9.17) is 33.2 Å². The normalized spacial score (nSPS) is 11.0. The molecule has 15 heteroatoms. The molecule has 0 aromatic heterocycles. The van der Waals surface area contributed by atoms with Gasteiger partial charge >= 0.3 is 5.97 Å². The molecular weight excluding hydrogens is 582 g/mol. The summed E-state index contributed by atoms with van der Waals surface area (Å²) >= 11 is 0. The summed E-state index contributed by atoms with van der Waals surface area (Å²) in [6, 6.07) is 3.42. The minimum absolute atomic E-state index is 0.164. The van der Waals surface area contributed by atoms with E-state index in [0.717, 1.165) is 18.9 Å². The van der Waals surface area contributed by atoms with Gasteiger partial charge in [-0.2, -0.15) is 0 Å². The predicted octanol–water partition coefficient (Wildman–Crippen LogP) is 4.31. The number of esters is 1. The second-order valence-corrected chi connectivity index (χ2v) is 9.55. The van der Waals surface area contributed by atoms with E-state index in [9.17, 15) is 25.0 Å². The number of hydrogen-bond acceptors (Lipinski definition) is 13. The van der Waals surface area contributed by atoms with E-state index in [1.165, 1.54) is 37.8 Å². The van der Waals surface area contributed by atoms with E-state index >= 15 is 0 Å². The molecule has 0 aliphatic heterocycles. The van der Waals surface area contributed by atoms with Gasteiger partial charge in [-0.25, -0.2) is 0 Å². The molecule has 1 rings (SSSR count). The number of nitrogens with one attached hydrogen (secondary N) is 1. The Morgan fingerprint density at radius 2 is 1.14 bits per heavy atom. The van der Waals surface area contributed by atoms with Gasteiger partial charge in [-0.3, -0.25) is 25.0 Å². The summed E-state index contributed by atoms with van der Waals surface area (Å²) in [6.07, 6.45) is 7.31. The van der Waals surface area contributed by atoms with Crippen LogP contribution in [0.2, 0.25) is 0 Å². The van der Waals surface area contributed by atoms with Gasteiger partial charge in [0.05, 0.1) is 95.2 Å². The third-order valence-corrected chi connectivity index (χ3v) is 6.04. The Kier molecular flexibility index (Phi) is 24.5. The lowest BCUT2D eigenvalue weighted by molar-refractivity contribution is -0.393. The number of benzene rings is 1. The maximum atomic E-state index is 11.6. The molecule has 0 atom stereocenters. The highest BCUT2D eigenvalue weighted by Crippen LogP contribution is 2.28. The molecule has 15 nitrogen and oxygen atoms in total. The van der Waals surface area contributed by atoms with Crippen molar-refractivity contribution in [2.75, 3.05) is 97.8 Å². The summed E-state index contributed by atoms with van der Waals surface area (Å²) in [5, 5.41) is 24.8. The second-order valence-electron chi connectivity index (χ2n) is 9.55. The maximum absolute atomic E-state index is 11.6. The molecule has 1 aromatic carbocycles. The number of carbonyl (C=O) groups excluding carboxylic acids is 1. The number of ether oxygens (including phenoxy) is 7. The van der Waals surface area contributed by atoms with Crippen LogP contribution >= 0.6 is 0 Å². The van der Waals surface area contributed by atoms with Gasteiger partial charge in [0.1, 0.15) is 12.3 Å². The number of anilines is 1. The lowest BCUT2D eigenvalue weighted by atomic mass is 10.1. The lowest BCUT2D eigenvalue weighted by Crippen LogP contribution is -2.16. The largest absolute Gasteiger partial charge is 0.463 e. The molecule has 0 aliphatic carbocycles. The summed E-state index contributed by atoms with van der Waals surface area (Å²) in [4.78, 5) is 32.2. The van der Waals surface area contributed by atoms with E-state index in [-0.39, 0.29) is 36.2 Å². The molecule has 0 spiro atoms. The van der Waals surface area contributed by atoms with Gasteiger partial charge in [0.15, 0.2) is 0 Å². The Labute approximate surface area is 259 Å². The van der Waals surface area contributed by atoms with Crippen LogP contribution in [0.4, 0.5) is 17.1 Å². The highest BCUT2D eigenvalue weighted by Gasteiger charge is 2.19. The van der Waals surface area contributed by atoms with Crippen LogP contribution < -0.4 is 5.32 Å². The monoisotopic (exact) mass is 631 g/mol. The molecule has 0 saturated heterocycles. The number of hydrogen-bond donors (Lipinski definition) is 1. The average molecular weight is 632 g/mol. The molecule has 1 N–H and O–H groups in total. The van der Waals surface area contributed by atoms with E-state index < -0.39 is 9.85 Å². The van der Waals surface area contributed by atoms with Crippen LogP contribution in [0, 0.1) is 20.2 Å². The first kappa shape index (κ1) is 39.1. The van der Waals surface area contributed by atoms with Crippen molar-refractivity contribution >= 4 is 23.0 Å². The summed E-state index contributed by atoms with van der Waals surface area (Å²) in [5.41, 5.74) is -0.526. The van der Waals surface area contributed by atoms with Crippen molar-refractivity contribution < 1.29 is 47.8 Å². The third kappa shape index (κ3) is 21.7. The van der Waals surface area contributed by atoms with E-state index in [1.54, 1.807) is 0 Å². The zero-order valence-electron chi connectivity index (χ0n) is 25.9. The highest BCUT2D eigenvalue weighted by atomic mass is 16.6. The van der Waals surface area contributed by atoms with Crippen molar-refractivity contribution in [1.29, 1.82) is 0 Å². The lowest BCUT2D eigenvalue weighted by Gasteiger charge is -2.09. The molecule has 0 heterocycles. The molecule has 0 aliphatic rings. The molecule has 0 bridgehead atoms. The van der Waals surface area contributed by atoms with Gasteiger partial charge in [0.2, 0.25) is 0 Å². The summed E-state index contributed by atoms with van der Waals surface area (Å²) in [7, 11) is 0. The molecule has 0 radical (unpaired) electrons. The van der Waals surface area contributed by atoms with Gasteiger partial charge in [-0.15, -0.1) is 0 Å². The molecule has 0 unspecified atom stereocenters. The standard InChI is InChI=1S/C29H49N3O12/c1-2-3-4-5-6-7-8-29(33)44-24-23-43-22-21-42-20-19-41-18-17-40-16-15-39-14-13-38-12-11-30-27-10-9-26(31(34)35)25-28(27)32(36)37/h9-10,25,30H,2-8,11-24H2,1H3. The fourth-order valence-corrected chi connectivity index (χ4v) is 3.73. The SMILES string of the molecule is CCCCCCCCC(=O)OCCOCCOCCOCCOCCOCCOCCNc1ccc([N+](=O)[O-])cc1[N+](=O)[O-]. The number of nitro benzene ring substituents is 2. The number of rotatable bonds is 31. The first-order valence-electron chi connectivity index (χ1n) is 15.2. The zero-order chi connectivity index (χ0) is 32.1. The summed E-state index contributed by atoms with van der Waals surface area (Å²) < 4.78 is 37.7. The topological polar surface area (TPSA) is 180 Å². The quantitative estimate of drug-likeness (QED) is 0.0530. The number of non-ortho nitro benzene ring substituents is 1. The van der Waals surface area contributed by atoms with Crippen LogP contribution in [-0.4, -0.2) is 108 Å². The van der Waals surface area contributed by atoms with E-state index in [2.05, 4.69) is 12.2 Å². The molecule has 44 heavy (non-hydrogen) atoms. The number of nitrogens with zero attached hydrogens (tertiary/aromatic N) is 2. The first-order valence-corrected chi connectivity index (χ1v) is 15.2. The number of unbranched alkanes of at least 4 members (excludes halogenated alkanes) is 5. The van der Waals surface area contributed by atoms with Gasteiger partial charge in [0.25, 0.3) is 11.4 Å². The van der Waals surface area contributed by atoms with Crippen LogP contribution in [0.25, 0.3) is 0 Å². The molecule has 0 saturated carbocycles. The van der Waals surface area contributed by atoms with Gasteiger partial charge in [-0.1, -0.05) is 39.0 Å². The summed E-state index contributed by atoms with van der Waals surface area (Å²) in [6.45, 7) is 7.50. The van der Waals surface area contributed by atoms with Crippen molar-refractivity contribution in [1.82, 2.24) is 0 Å². The fourth-order valence-electron chi connectivity index (χ4n) is 3.73. The Morgan fingerprint density at radius 3 is 1.64 bits per heavy atom. The Morgan fingerprint density at radius 1 is 0.659 bits per heavy atom. The van der Waals surface area contributed by atoms with Crippen LogP contribution in [0.1, 0.15) is 51.9 Å².